The molecular weight excluding hydrogens is 182 g/mol. The fourth-order valence-corrected chi connectivity index (χ4v) is 1.89. The zero-order valence-corrected chi connectivity index (χ0v) is 10.2. The zero-order chi connectivity index (χ0) is 10.5. The Bertz CT molecular complexity index is 161. The molecule has 0 N–H and O–H groups in total. The van der Waals surface area contributed by atoms with Gasteiger partial charge in [0.2, 0.25) is 0 Å². The molecule has 0 bridgehead atoms. The van der Waals surface area contributed by atoms with Crippen molar-refractivity contribution in [3.8, 4) is 0 Å². The van der Waals surface area contributed by atoms with Crippen molar-refractivity contribution in [3.63, 3.8) is 0 Å². The fraction of sp³-hybridized carbons (Fsp3) is 0.900. The normalized spacial score (nSPS) is 12.2. The highest BCUT2D eigenvalue weighted by molar-refractivity contribution is 7.99. The maximum Gasteiger partial charge on any atom is 0.148 e. The smallest absolute Gasteiger partial charge is 0.148 e. The molecule has 0 heterocycles. The summed E-state index contributed by atoms with van der Waals surface area (Å²) in [5.74, 6) is 2.03. The van der Waals surface area contributed by atoms with Crippen molar-refractivity contribution in [2.45, 2.75) is 20.8 Å². The van der Waals surface area contributed by atoms with Crippen LogP contribution in [0.3, 0.4) is 0 Å². The van der Waals surface area contributed by atoms with Gasteiger partial charge in [-0.1, -0.05) is 20.8 Å². The molecule has 0 aliphatic heterocycles. The molecule has 0 aromatic rings. The van der Waals surface area contributed by atoms with Gasteiger partial charge in [-0.25, -0.2) is 0 Å². The summed E-state index contributed by atoms with van der Waals surface area (Å²) in [6, 6.07) is 0. The molecule has 0 aliphatic carbocycles. The van der Waals surface area contributed by atoms with E-state index in [-0.39, 0.29) is 5.41 Å². The minimum atomic E-state index is -0.175. The summed E-state index contributed by atoms with van der Waals surface area (Å²) in [6.07, 6.45) is 0. The number of thioether (sulfide) groups is 1. The number of nitrogens with zero attached hydrogens (tertiary/aromatic N) is 1. The molecule has 0 unspecified atom stereocenters. The average molecular weight is 203 g/mol. The first kappa shape index (κ1) is 13.0. The molecule has 13 heavy (non-hydrogen) atoms. The van der Waals surface area contributed by atoms with Gasteiger partial charge in [0, 0.05) is 17.7 Å². The number of carbonyl (C=O) groups is 1. The van der Waals surface area contributed by atoms with Gasteiger partial charge in [0.15, 0.2) is 0 Å². The Hall–Kier alpha value is -0.0200. The highest BCUT2D eigenvalue weighted by Crippen LogP contribution is 2.17. The standard InChI is InChI=1S/C10H21NOS/c1-10(2,3)9(12)8-13-7-6-11(4)5/h6-8H2,1-5H3. The lowest BCUT2D eigenvalue weighted by Crippen LogP contribution is -2.23. The van der Waals surface area contributed by atoms with Gasteiger partial charge >= 0.3 is 0 Å². The molecule has 0 radical (unpaired) electrons. The molecular formula is C10H21NOS. The predicted molar refractivity (Wildman–Crippen MR) is 60.3 cm³/mol. The van der Waals surface area contributed by atoms with Gasteiger partial charge in [0.1, 0.15) is 5.78 Å². The maximum absolute atomic E-state index is 11.5. The summed E-state index contributed by atoms with van der Waals surface area (Å²) >= 11 is 1.73. The zero-order valence-electron chi connectivity index (χ0n) is 9.39. The van der Waals surface area contributed by atoms with Gasteiger partial charge in [-0.2, -0.15) is 11.8 Å². The monoisotopic (exact) mass is 203 g/mol. The number of Topliss-reactive ketones (excluding diaryl/α,β-unsaturated/α-hetero) is 1. The maximum atomic E-state index is 11.5. The Balaban J connectivity index is 3.49. The summed E-state index contributed by atoms with van der Waals surface area (Å²) in [4.78, 5) is 13.6. The molecule has 0 aromatic heterocycles. The highest BCUT2D eigenvalue weighted by Gasteiger charge is 2.20. The van der Waals surface area contributed by atoms with Crippen molar-refractivity contribution in [1.82, 2.24) is 4.90 Å². The first-order valence-corrected chi connectivity index (χ1v) is 5.75. The van der Waals surface area contributed by atoms with E-state index >= 15 is 0 Å². The quantitative estimate of drug-likeness (QED) is 0.637. The Labute approximate surface area is 86.1 Å². The number of hydrogen-bond acceptors (Lipinski definition) is 3. The second-order valence-electron chi connectivity index (χ2n) is 4.53. The Kier molecular flexibility index (Phi) is 5.65. The molecule has 3 heteroatoms. The minimum absolute atomic E-state index is 0.175. The lowest BCUT2D eigenvalue weighted by atomic mass is 9.92. The second-order valence-corrected chi connectivity index (χ2v) is 5.63. The van der Waals surface area contributed by atoms with Crippen LogP contribution in [0.1, 0.15) is 20.8 Å². The molecule has 0 aliphatic rings. The Morgan fingerprint density at radius 2 is 1.85 bits per heavy atom. The van der Waals surface area contributed by atoms with Crippen LogP contribution in [0.5, 0.6) is 0 Å². The van der Waals surface area contributed by atoms with Crippen LogP contribution >= 0.6 is 11.8 Å². The second kappa shape index (κ2) is 5.66. The van der Waals surface area contributed by atoms with E-state index < -0.39 is 0 Å². The number of hydrogen-bond donors (Lipinski definition) is 0. The van der Waals surface area contributed by atoms with E-state index in [1.165, 1.54) is 0 Å². The molecule has 78 valence electrons. The lowest BCUT2D eigenvalue weighted by molar-refractivity contribution is -0.123. The first-order valence-electron chi connectivity index (χ1n) is 4.60. The Morgan fingerprint density at radius 1 is 1.31 bits per heavy atom. The van der Waals surface area contributed by atoms with Crippen molar-refractivity contribution in [1.29, 1.82) is 0 Å². The minimum Gasteiger partial charge on any atom is -0.309 e. The van der Waals surface area contributed by atoms with Gasteiger partial charge in [0.05, 0.1) is 5.75 Å². The van der Waals surface area contributed by atoms with E-state index in [1.54, 1.807) is 11.8 Å². The summed E-state index contributed by atoms with van der Waals surface area (Å²) in [5.41, 5.74) is -0.175. The van der Waals surface area contributed by atoms with Crippen LogP contribution in [0.15, 0.2) is 0 Å². The third-order valence-electron chi connectivity index (χ3n) is 1.75. The van der Waals surface area contributed by atoms with E-state index in [9.17, 15) is 4.79 Å². The third-order valence-corrected chi connectivity index (χ3v) is 2.69. The SMILES string of the molecule is CN(C)CCSCC(=O)C(C)(C)C. The Morgan fingerprint density at radius 3 is 2.23 bits per heavy atom. The molecule has 0 rings (SSSR count). The van der Waals surface area contributed by atoms with E-state index in [2.05, 4.69) is 4.90 Å². The number of carbonyl (C=O) groups excluding carboxylic acids is 1. The predicted octanol–water partition coefficient (Wildman–Crippen LogP) is 1.90. The molecule has 2 nitrogen and oxygen atoms in total. The van der Waals surface area contributed by atoms with Crippen molar-refractivity contribution in [2.75, 3.05) is 32.1 Å². The van der Waals surface area contributed by atoms with Crippen LogP contribution in [-0.4, -0.2) is 42.8 Å². The molecule has 0 amide bonds. The van der Waals surface area contributed by atoms with Crippen molar-refractivity contribution < 1.29 is 4.79 Å². The van der Waals surface area contributed by atoms with Crippen molar-refractivity contribution in [2.24, 2.45) is 5.41 Å². The van der Waals surface area contributed by atoms with Crippen LogP contribution in [0.25, 0.3) is 0 Å². The summed E-state index contributed by atoms with van der Waals surface area (Å²) < 4.78 is 0. The summed E-state index contributed by atoms with van der Waals surface area (Å²) in [5, 5.41) is 0. The highest BCUT2D eigenvalue weighted by atomic mass is 32.2. The largest absolute Gasteiger partial charge is 0.309 e. The van der Waals surface area contributed by atoms with E-state index in [0.717, 1.165) is 12.3 Å². The number of ketones is 1. The van der Waals surface area contributed by atoms with Gasteiger partial charge in [-0.3, -0.25) is 4.79 Å². The average Bonchev–Trinajstić information content (AvgIpc) is 1.95. The van der Waals surface area contributed by atoms with Crippen LogP contribution in [0.2, 0.25) is 0 Å². The molecule has 0 spiro atoms. The van der Waals surface area contributed by atoms with Crippen LogP contribution in [0, 0.1) is 5.41 Å². The van der Waals surface area contributed by atoms with Crippen LogP contribution in [0.4, 0.5) is 0 Å². The molecule has 0 atom stereocenters. The molecule has 0 fully saturated rings. The van der Waals surface area contributed by atoms with Crippen LogP contribution in [-0.2, 0) is 4.79 Å². The van der Waals surface area contributed by atoms with E-state index in [1.807, 2.05) is 34.9 Å². The van der Waals surface area contributed by atoms with Gasteiger partial charge in [-0.15, -0.1) is 0 Å². The first-order chi connectivity index (χ1) is 5.84. The van der Waals surface area contributed by atoms with Crippen molar-refractivity contribution >= 4 is 17.5 Å². The van der Waals surface area contributed by atoms with Gasteiger partial charge in [-0.05, 0) is 14.1 Å². The molecule has 0 aromatic carbocycles. The molecule has 0 saturated heterocycles. The van der Waals surface area contributed by atoms with Crippen molar-refractivity contribution in [3.05, 3.63) is 0 Å². The lowest BCUT2D eigenvalue weighted by Gasteiger charge is -2.16. The summed E-state index contributed by atoms with van der Waals surface area (Å²) in [7, 11) is 4.10. The van der Waals surface area contributed by atoms with E-state index in [0.29, 0.717) is 11.5 Å². The fourth-order valence-electron chi connectivity index (χ4n) is 0.628. The number of rotatable bonds is 5. The summed E-state index contributed by atoms with van der Waals surface area (Å²) in [6.45, 7) is 6.97. The van der Waals surface area contributed by atoms with Gasteiger partial charge in [0.25, 0.3) is 0 Å². The molecule has 0 saturated carbocycles. The van der Waals surface area contributed by atoms with Gasteiger partial charge < -0.3 is 4.90 Å². The van der Waals surface area contributed by atoms with Crippen LogP contribution < -0.4 is 0 Å². The topological polar surface area (TPSA) is 20.3 Å². The third kappa shape index (κ3) is 7.08. The van der Waals surface area contributed by atoms with E-state index in [4.69, 9.17) is 0 Å².